The average molecular weight is 299 g/mol. The highest BCUT2D eigenvalue weighted by Crippen LogP contribution is 2.19. The predicted molar refractivity (Wildman–Crippen MR) is 84.0 cm³/mol. The Balaban J connectivity index is 1.75. The first-order chi connectivity index (χ1) is 10.8. The molecule has 2 aromatic rings. The van der Waals surface area contributed by atoms with E-state index in [0.29, 0.717) is 6.42 Å². The third-order valence-electron chi connectivity index (χ3n) is 3.91. The van der Waals surface area contributed by atoms with Gasteiger partial charge in [0.25, 0.3) is 0 Å². The molecule has 0 aliphatic carbocycles. The van der Waals surface area contributed by atoms with Crippen LogP contribution in [-0.4, -0.2) is 45.2 Å². The molecule has 1 fully saturated rings. The van der Waals surface area contributed by atoms with Crippen LogP contribution >= 0.6 is 0 Å². The van der Waals surface area contributed by atoms with Gasteiger partial charge >= 0.3 is 0 Å². The lowest BCUT2D eigenvalue weighted by atomic mass is 10.1. The van der Waals surface area contributed by atoms with Crippen molar-refractivity contribution in [3.63, 3.8) is 0 Å². The number of nitrogens with one attached hydrogen (secondary N) is 1. The molecule has 1 saturated heterocycles. The summed E-state index contributed by atoms with van der Waals surface area (Å²) in [7, 11) is 0. The van der Waals surface area contributed by atoms with Gasteiger partial charge in [-0.15, -0.1) is 0 Å². The fraction of sp³-hybridized carbons (Fsp3) is 0.438. The fourth-order valence-electron chi connectivity index (χ4n) is 2.76. The van der Waals surface area contributed by atoms with Gasteiger partial charge in [0.1, 0.15) is 6.33 Å². The van der Waals surface area contributed by atoms with Crippen molar-refractivity contribution in [3.05, 3.63) is 36.2 Å². The largest absolute Gasteiger partial charge is 0.355 e. The van der Waals surface area contributed by atoms with Gasteiger partial charge < -0.3 is 5.32 Å². The van der Waals surface area contributed by atoms with Crippen molar-refractivity contribution in [1.82, 2.24) is 25.0 Å². The molecule has 0 atom stereocenters. The number of rotatable bonds is 4. The first-order valence-corrected chi connectivity index (χ1v) is 7.72. The fourth-order valence-corrected chi connectivity index (χ4v) is 2.76. The summed E-state index contributed by atoms with van der Waals surface area (Å²) in [5.41, 5.74) is 2.32. The normalized spacial score (nSPS) is 16.3. The minimum atomic E-state index is 0.146. The SMILES string of the molecule is CCn1ncnc1-c1cccc(CN2CCNC(=O)CC2)c1. The molecular weight excluding hydrogens is 278 g/mol. The van der Waals surface area contributed by atoms with Gasteiger partial charge in [0.2, 0.25) is 5.91 Å². The summed E-state index contributed by atoms with van der Waals surface area (Å²) < 4.78 is 1.90. The Kier molecular flexibility index (Phi) is 4.48. The van der Waals surface area contributed by atoms with Crippen molar-refractivity contribution in [2.45, 2.75) is 26.4 Å². The summed E-state index contributed by atoms with van der Waals surface area (Å²) >= 11 is 0. The number of carbonyl (C=O) groups is 1. The third kappa shape index (κ3) is 3.33. The van der Waals surface area contributed by atoms with E-state index in [1.54, 1.807) is 6.33 Å². The molecule has 1 amide bonds. The number of benzene rings is 1. The molecule has 2 heterocycles. The topological polar surface area (TPSA) is 63.1 Å². The predicted octanol–water partition coefficient (Wildman–Crippen LogP) is 1.29. The van der Waals surface area contributed by atoms with Crippen LogP contribution in [-0.2, 0) is 17.9 Å². The molecule has 6 nitrogen and oxygen atoms in total. The minimum absolute atomic E-state index is 0.146. The van der Waals surface area contributed by atoms with Crippen LogP contribution in [0.3, 0.4) is 0 Å². The van der Waals surface area contributed by atoms with Crippen LogP contribution in [0.5, 0.6) is 0 Å². The second kappa shape index (κ2) is 6.70. The zero-order valence-corrected chi connectivity index (χ0v) is 12.8. The van der Waals surface area contributed by atoms with E-state index >= 15 is 0 Å². The lowest BCUT2D eigenvalue weighted by Gasteiger charge is -2.19. The Morgan fingerprint density at radius 2 is 2.23 bits per heavy atom. The van der Waals surface area contributed by atoms with Crippen LogP contribution in [0.25, 0.3) is 11.4 Å². The van der Waals surface area contributed by atoms with E-state index in [0.717, 1.165) is 44.1 Å². The Labute approximate surface area is 130 Å². The number of aromatic nitrogens is 3. The van der Waals surface area contributed by atoms with Crippen LogP contribution < -0.4 is 5.32 Å². The van der Waals surface area contributed by atoms with E-state index < -0.39 is 0 Å². The van der Waals surface area contributed by atoms with Crippen LogP contribution in [0, 0.1) is 0 Å². The molecule has 6 heteroatoms. The summed E-state index contributed by atoms with van der Waals surface area (Å²) in [6.07, 6.45) is 2.17. The van der Waals surface area contributed by atoms with Crippen molar-refractivity contribution in [1.29, 1.82) is 0 Å². The maximum Gasteiger partial charge on any atom is 0.221 e. The molecule has 0 spiro atoms. The number of aryl methyl sites for hydroxylation is 1. The minimum Gasteiger partial charge on any atom is -0.355 e. The monoisotopic (exact) mass is 299 g/mol. The summed E-state index contributed by atoms with van der Waals surface area (Å²) in [4.78, 5) is 18.1. The zero-order valence-electron chi connectivity index (χ0n) is 12.8. The Morgan fingerprint density at radius 3 is 3.09 bits per heavy atom. The lowest BCUT2D eigenvalue weighted by molar-refractivity contribution is -0.120. The van der Waals surface area contributed by atoms with E-state index in [4.69, 9.17) is 0 Å². The van der Waals surface area contributed by atoms with Crippen molar-refractivity contribution >= 4 is 5.91 Å². The van der Waals surface area contributed by atoms with E-state index in [1.165, 1.54) is 5.56 Å². The second-order valence-electron chi connectivity index (χ2n) is 5.48. The number of nitrogens with zero attached hydrogens (tertiary/aromatic N) is 4. The van der Waals surface area contributed by atoms with Gasteiger partial charge in [-0.25, -0.2) is 9.67 Å². The summed E-state index contributed by atoms with van der Waals surface area (Å²) in [6, 6.07) is 8.40. The van der Waals surface area contributed by atoms with E-state index in [9.17, 15) is 4.79 Å². The Bertz CT molecular complexity index is 651. The van der Waals surface area contributed by atoms with Crippen LogP contribution in [0.4, 0.5) is 0 Å². The highest BCUT2D eigenvalue weighted by molar-refractivity contribution is 5.76. The second-order valence-corrected chi connectivity index (χ2v) is 5.48. The molecule has 0 bridgehead atoms. The van der Waals surface area contributed by atoms with Crippen molar-refractivity contribution in [2.24, 2.45) is 0 Å². The van der Waals surface area contributed by atoms with Crippen LogP contribution in [0.15, 0.2) is 30.6 Å². The molecule has 22 heavy (non-hydrogen) atoms. The third-order valence-corrected chi connectivity index (χ3v) is 3.91. The van der Waals surface area contributed by atoms with Gasteiger partial charge in [-0.3, -0.25) is 9.69 Å². The zero-order chi connectivity index (χ0) is 15.4. The number of amides is 1. The standard InChI is InChI=1S/C16H21N5O/c1-2-21-16(18-12-19-21)14-5-3-4-13(10-14)11-20-8-6-15(22)17-7-9-20/h3-5,10,12H,2,6-9,11H2,1H3,(H,17,22). The van der Waals surface area contributed by atoms with Crippen molar-refractivity contribution in [2.75, 3.05) is 19.6 Å². The van der Waals surface area contributed by atoms with Gasteiger partial charge in [0, 0.05) is 44.7 Å². The number of hydrogen-bond acceptors (Lipinski definition) is 4. The van der Waals surface area contributed by atoms with E-state index in [2.05, 4.69) is 51.5 Å². The van der Waals surface area contributed by atoms with Gasteiger partial charge in [0.15, 0.2) is 5.82 Å². The maximum absolute atomic E-state index is 11.4. The van der Waals surface area contributed by atoms with E-state index in [-0.39, 0.29) is 5.91 Å². The lowest BCUT2D eigenvalue weighted by Crippen LogP contribution is -2.28. The molecule has 3 rings (SSSR count). The van der Waals surface area contributed by atoms with Crippen molar-refractivity contribution in [3.8, 4) is 11.4 Å². The summed E-state index contributed by atoms with van der Waals surface area (Å²) in [6.45, 7) is 6.14. The Hall–Kier alpha value is -2.21. The molecule has 1 aromatic heterocycles. The van der Waals surface area contributed by atoms with Crippen LogP contribution in [0.2, 0.25) is 0 Å². The highest BCUT2D eigenvalue weighted by atomic mass is 16.1. The first kappa shape index (κ1) is 14.7. The van der Waals surface area contributed by atoms with Crippen molar-refractivity contribution < 1.29 is 4.79 Å². The smallest absolute Gasteiger partial charge is 0.221 e. The molecule has 0 unspecified atom stereocenters. The number of hydrogen-bond donors (Lipinski definition) is 1. The maximum atomic E-state index is 11.4. The molecule has 0 saturated carbocycles. The molecule has 1 aliphatic rings. The summed E-state index contributed by atoms with van der Waals surface area (Å²) in [5.74, 6) is 1.05. The number of carbonyl (C=O) groups excluding carboxylic acids is 1. The van der Waals surface area contributed by atoms with Gasteiger partial charge in [-0.1, -0.05) is 18.2 Å². The molecule has 1 aromatic carbocycles. The van der Waals surface area contributed by atoms with Crippen LogP contribution in [0.1, 0.15) is 18.9 Å². The summed E-state index contributed by atoms with van der Waals surface area (Å²) in [5, 5.41) is 7.13. The quantitative estimate of drug-likeness (QED) is 0.924. The van der Waals surface area contributed by atoms with E-state index in [1.807, 2.05) is 4.68 Å². The van der Waals surface area contributed by atoms with Gasteiger partial charge in [0.05, 0.1) is 0 Å². The molecule has 0 radical (unpaired) electrons. The molecule has 1 aliphatic heterocycles. The Morgan fingerprint density at radius 1 is 1.32 bits per heavy atom. The van der Waals surface area contributed by atoms with Gasteiger partial charge in [-0.2, -0.15) is 5.10 Å². The van der Waals surface area contributed by atoms with Gasteiger partial charge in [-0.05, 0) is 18.6 Å². The average Bonchev–Trinajstić information content (AvgIpc) is 2.92. The molecular formula is C16H21N5O. The molecule has 116 valence electrons. The first-order valence-electron chi connectivity index (χ1n) is 7.72. The highest BCUT2D eigenvalue weighted by Gasteiger charge is 2.14. The molecule has 1 N–H and O–H groups in total.